The van der Waals surface area contributed by atoms with Gasteiger partial charge in [0.2, 0.25) is 0 Å². The minimum atomic E-state index is -0.153. The van der Waals surface area contributed by atoms with Crippen LogP contribution >= 0.6 is 0 Å². The topological polar surface area (TPSA) is 79.8 Å². The first-order valence-corrected chi connectivity index (χ1v) is 8.97. The van der Waals surface area contributed by atoms with Crippen LogP contribution in [-0.4, -0.2) is 20.9 Å². The standard InChI is InChI=1S/C21H23N5O/c1-4-18-13-20(25-15(3)24-18)23-14(2)16-5-7-19(8-6-16)26-21(27)17-9-11-22-12-10-17/h5-14H,4H2,1-3H3,(H,26,27)(H,23,24,25). The SMILES string of the molecule is CCc1cc(NC(C)c2ccc(NC(=O)c3ccncc3)cc2)nc(C)n1. The molecule has 3 aromatic rings. The number of rotatable bonds is 6. The van der Waals surface area contributed by atoms with Crippen LogP contribution < -0.4 is 10.6 Å². The number of carbonyl (C=O) groups excluding carboxylic acids is 1. The highest BCUT2D eigenvalue weighted by Crippen LogP contribution is 2.21. The molecule has 2 heterocycles. The summed E-state index contributed by atoms with van der Waals surface area (Å²) >= 11 is 0. The van der Waals surface area contributed by atoms with Gasteiger partial charge in [0.05, 0.1) is 0 Å². The third-order valence-electron chi connectivity index (χ3n) is 4.23. The minimum absolute atomic E-state index is 0.0777. The van der Waals surface area contributed by atoms with Crippen LogP contribution in [0, 0.1) is 6.92 Å². The molecule has 0 radical (unpaired) electrons. The van der Waals surface area contributed by atoms with E-state index >= 15 is 0 Å². The van der Waals surface area contributed by atoms with Crippen LogP contribution in [-0.2, 0) is 6.42 Å². The Hall–Kier alpha value is -3.28. The molecule has 1 aromatic carbocycles. The van der Waals surface area contributed by atoms with Crippen LogP contribution in [0.2, 0.25) is 0 Å². The van der Waals surface area contributed by atoms with Gasteiger partial charge in [-0.3, -0.25) is 9.78 Å². The summed E-state index contributed by atoms with van der Waals surface area (Å²) < 4.78 is 0. The Morgan fingerprint density at radius 1 is 1.07 bits per heavy atom. The van der Waals surface area contributed by atoms with E-state index in [4.69, 9.17) is 0 Å². The molecule has 138 valence electrons. The van der Waals surface area contributed by atoms with Gasteiger partial charge in [-0.1, -0.05) is 19.1 Å². The van der Waals surface area contributed by atoms with E-state index in [1.54, 1.807) is 24.5 Å². The van der Waals surface area contributed by atoms with Crippen LogP contribution in [0.25, 0.3) is 0 Å². The molecular formula is C21H23N5O. The Balaban J connectivity index is 1.66. The molecular weight excluding hydrogens is 338 g/mol. The molecule has 0 aliphatic heterocycles. The number of anilines is 2. The Kier molecular flexibility index (Phi) is 5.76. The van der Waals surface area contributed by atoms with Crippen molar-refractivity contribution in [3.8, 4) is 0 Å². The van der Waals surface area contributed by atoms with E-state index in [0.717, 1.165) is 35.0 Å². The molecule has 2 aromatic heterocycles. The summed E-state index contributed by atoms with van der Waals surface area (Å²) in [5, 5.41) is 6.30. The Morgan fingerprint density at radius 2 is 1.78 bits per heavy atom. The maximum atomic E-state index is 12.2. The number of carbonyl (C=O) groups is 1. The third kappa shape index (κ3) is 4.88. The van der Waals surface area contributed by atoms with E-state index in [-0.39, 0.29) is 11.9 Å². The number of hydrogen-bond acceptors (Lipinski definition) is 5. The van der Waals surface area contributed by atoms with Crippen molar-refractivity contribution in [1.82, 2.24) is 15.0 Å². The lowest BCUT2D eigenvalue weighted by Crippen LogP contribution is -2.12. The highest BCUT2D eigenvalue weighted by atomic mass is 16.1. The van der Waals surface area contributed by atoms with Gasteiger partial charge in [-0.25, -0.2) is 9.97 Å². The van der Waals surface area contributed by atoms with Crippen molar-refractivity contribution in [3.05, 3.63) is 77.5 Å². The summed E-state index contributed by atoms with van der Waals surface area (Å²) in [7, 11) is 0. The Bertz CT molecular complexity index is 910. The number of nitrogens with one attached hydrogen (secondary N) is 2. The van der Waals surface area contributed by atoms with E-state index in [9.17, 15) is 4.79 Å². The molecule has 27 heavy (non-hydrogen) atoms. The first kappa shape index (κ1) is 18.5. The van der Waals surface area contributed by atoms with Crippen LogP contribution in [0.1, 0.15) is 47.3 Å². The number of aryl methyl sites for hydroxylation is 2. The Labute approximate surface area is 159 Å². The number of hydrogen-bond donors (Lipinski definition) is 2. The van der Waals surface area contributed by atoms with Crippen molar-refractivity contribution in [2.45, 2.75) is 33.2 Å². The number of benzene rings is 1. The molecule has 0 bridgehead atoms. The van der Waals surface area contributed by atoms with Crippen molar-refractivity contribution >= 4 is 17.4 Å². The van der Waals surface area contributed by atoms with Gasteiger partial charge in [0.25, 0.3) is 5.91 Å². The van der Waals surface area contributed by atoms with E-state index < -0.39 is 0 Å². The molecule has 0 aliphatic carbocycles. The van der Waals surface area contributed by atoms with Gasteiger partial charge < -0.3 is 10.6 Å². The first-order valence-electron chi connectivity index (χ1n) is 8.97. The zero-order valence-corrected chi connectivity index (χ0v) is 15.7. The highest BCUT2D eigenvalue weighted by molar-refractivity contribution is 6.04. The lowest BCUT2D eigenvalue weighted by molar-refractivity contribution is 0.102. The van der Waals surface area contributed by atoms with Gasteiger partial charge in [-0.15, -0.1) is 0 Å². The van der Waals surface area contributed by atoms with Gasteiger partial charge in [-0.05, 0) is 50.1 Å². The van der Waals surface area contributed by atoms with Crippen molar-refractivity contribution in [1.29, 1.82) is 0 Å². The maximum Gasteiger partial charge on any atom is 0.255 e. The van der Waals surface area contributed by atoms with Crippen LogP contribution in [0.15, 0.2) is 54.9 Å². The predicted molar refractivity (Wildman–Crippen MR) is 107 cm³/mol. The molecule has 6 nitrogen and oxygen atoms in total. The lowest BCUT2D eigenvalue weighted by atomic mass is 10.1. The van der Waals surface area contributed by atoms with Gasteiger partial charge in [0.1, 0.15) is 11.6 Å². The molecule has 2 N–H and O–H groups in total. The zero-order valence-electron chi connectivity index (χ0n) is 15.7. The molecule has 0 aliphatic rings. The molecule has 6 heteroatoms. The molecule has 0 fully saturated rings. The average Bonchev–Trinajstić information content (AvgIpc) is 2.68. The number of aromatic nitrogens is 3. The fourth-order valence-corrected chi connectivity index (χ4v) is 2.75. The van der Waals surface area contributed by atoms with Crippen LogP contribution in [0.4, 0.5) is 11.5 Å². The van der Waals surface area contributed by atoms with Crippen molar-refractivity contribution in [2.75, 3.05) is 10.6 Å². The summed E-state index contributed by atoms with van der Waals surface area (Å²) in [5.74, 6) is 1.43. The quantitative estimate of drug-likeness (QED) is 0.689. The molecule has 0 spiro atoms. The fourth-order valence-electron chi connectivity index (χ4n) is 2.75. The largest absolute Gasteiger partial charge is 0.363 e. The van der Waals surface area contributed by atoms with E-state index in [1.807, 2.05) is 37.3 Å². The van der Waals surface area contributed by atoms with Crippen molar-refractivity contribution in [3.63, 3.8) is 0 Å². The number of pyridine rings is 1. The molecule has 3 rings (SSSR count). The zero-order chi connectivity index (χ0) is 19.2. The summed E-state index contributed by atoms with van der Waals surface area (Å²) in [6.07, 6.45) is 4.08. The average molecular weight is 361 g/mol. The normalized spacial score (nSPS) is 11.7. The third-order valence-corrected chi connectivity index (χ3v) is 4.23. The van der Waals surface area contributed by atoms with Crippen LogP contribution in [0.3, 0.4) is 0 Å². The van der Waals surface area contributed by atoms with Crippen LogP contribution in [0.5, 0.6) is 0 Å². The monoisotopic (exact) mass is 361 g/mol. The van der Waals surface area contributed by atoms with Crippen molar-refractivity contribution < 1.29 is 4.79 Å². The fraction of sp³-hybridized carbons (Fsp3) is 0.238. The molecule has 0 saturated carbocycles. The van der Waals surface area contributed by atoms with E-state index in [1.165, 1.54) is 0 Å². The maximum absolute atomic E-state index is 12.2. The highest BCUT2D eigenvalue weighted by Gasteiger charge is 2.09. The lowest BCUT2D eigenvalue weighted by Gasteiger charge is -2.16. The second-order valence-corrected chi connectivity index (χ2v) is 6.32. The van der Waals surface area contributed by atoms with Crippen molar-refractivity contribution in [2.24, 2.45) is 0 Å². The summed E-state index contributed by atoms with van der Waals surface area (Å²) in [6, 6.07) is 13.2. The van der Waals surface area contributed by atoms with Gasteiger partial charge >= 0.3 is 0 Å². The molecule has 1 atom stereocenters. The minimum Gasteiger partial charge on any atom is -0.363 e. The van der Waals surface area contributed by atoms with E-state index in [2.05, 4.69) is 39.4 Å². The van der Waals surface area contributed by atoms with E-state index in [0.29, 0.717) is 5.56 Å². The number of nitrogens with zero attached hydrogens (tertiary/aromatic N) is 3. The molecule has 0 saturated heterocycles. The number of amides is 1. The second kappa shape index (κ2) is 8.40. The Morgan fingerprint density at radius 3 is 2.44 bits per heavy atom. The first-order chi connectivity index (χ1) is 13.0. The second-order valence-electron chi connectivity index (χ2n) is 6.32. The molecule has 1 amide bonds. The summed E-state index contributed by atoms with van der Waals surface area (Å²) in [5.41, 5.74) is 3.45. The molecule has 1 unspecified atom stereocenters. The summed E-state index contributed by atoms with van der Waals surface area (Å²) in [6.45, 7) is 6.05. The predicted octanol–water partition coefficient (Wildman–Crippen LogP) is 4.17. The van der Waals surface area contributed by atoms with Gasteiger partial charge in [0.15, 0.2) is 0 Å². The smallest absolute Gasteiger partial charge is 0.255 e. The summed E-state index contributed by atoms with van der Waals surface area (Å²) in [4.78, 5) is 25.0. The van der Waals surface area contributed by atoms with Gasteiger partial charge in [-0.2, -0.15) is 0 Å². The van der Waals surface area contributed by atoms with Gasteiger partial charge in [0, 0.05) is 41.4 Å².